The summed E-state index contributed by atoms with van der Waals surface area (Å²) in [5.74, 6) is -8.64. The van der Waals surface area contributed by atoms with Crippen molar-refractivity contribution in [3.8, 4) is 0 Å². The molecule has 0 saturated carbocycles. The van der Waals surface area contributed by atoms with Gasteiger partial charge in [0, 0.05) is 32.6 Å². The highest BCUT2D eigenvalue weighted by molar-refractivity contribution is 5.98. The van der Waals surface area contributed by atoms with Gasteiger partial charge >= 0.3 is 5.97 Å². The Labute approximate surface area is 466 Å². The average molecular weight is 1130 g/mol. The zero-order valence-corrected chi connectivity index (χ0v) is 46.3. The lowest BCUT2D eigenvalue weighted by Gasteiger charge is -2.30. The molecule has 2 heterocycles. The molecule has 1 aromatic carbocycles. The van der Waals surface area contributed by atoms with Crippen molar-refractivity contribution in [3.63, 3.8) is 0 Å². The van der Waals surface area contributed by atoms with Crippen LogP contribution in [0.4, 0.5) is 0 Å². The van der Waals surface area contributed by atoms with Gasteiger partial charge in [0.2, 0.25) is 47.3 Å². The van der Waals surface area contributed by atoms with Crippen molar-refractivity contribution >= 4 is 71.1 Å². The number of hydrogen-bond donors (Lipinski definition) is 16. The number of carboxylic acids is 1. The van der Waals surface area contributed by atoms with Gasteiger partial charge < -0.3 is 92.0 Å². The summed E-state index contributed by atoms with van der Waals surface area (Å²) in [5, 5.41) is 42.0. The fourth-order valence-electron chi connectivity index (χ4n) is 9.07. The summed E-state index contributed by atoms with van der Waals surface area (Å²) < 4.78 is 0. The quantitative estimate of drug-likeness (QED) is 0.0175. The van der Waals surface area contributed by atoms with Gasteiger partial charge in [-0.3, -0.25) is 53.3 Å². The van der Waals surface area contributed by atoms with Crippen LogP contribution in [0.5, 0.6) is 0 Å². The van der Waals surface area contributed by atoms with Crippen molar-refractivity contribution in [2.45, 2.75) is 159 Å². The van der Waals surface area contributed by atoms with Gasteiger partial charge in [0.25, 0.3) is 0 Å². The van der Waals surface area contributed by atoms with Crippen molar-refractivity contribution in [1.82, 2.24) is 47.4 Å². The van der Waals surface area contributed by atoms with E-state index in [1.165, 1.54) is 4.90 Å². The molecule has 1 aromatic rings. The lowest BCUT2D eigenvalue weighted by atomic mass is 9.98. The Morgan fingerprint density at radius 2 is 1.07 bits per heavy atom. The molecule has 29 nitrogen and oxygen atoms in total. The molecule has 2 aliphatic rings. The van der Waals surface area contributed by atoms with Crippen LogP contribution >= 0.6 is 0 Å². The van der Waals surface area contributed by atoms with E-state index in [-0.39, 0.29) is 108 Å². The van der Waals surface area contributed by atoms with E-state index in [0.29, 0.717) is 24.9 Å². The summed E-state index contributed by atoms with van der Waals surface area (Å²) in [7, 11) is 0. The molecule has 0 unspecified atom stereocenters. The first-order valence-corrected chi connectivity index (χ1v) is 27.1. The number of aliphatic carboxylic acids is 1. The van der Waals surface area contributed by atoms with Gasteiger partial charge in [-0.25, -0.2) is 4.79 Å². The molecule has 22 N–H and O–H groups in total. The molecule has 9 atom stereocenters. The predicted molar refractivity (Wildman–Crippen MR) is 298 cm³/mol. The number of aliphatic hydroxyl groups excluding tert-OH is 1. The van der Waals surface area contributed by atoms with E-state index in [0.717, 1.165) is 6.42 Å². The lowest BCUT2D eigenvalue weighted by molar-refractivity contribution is -0.149. The first-order valence-electron chi connectivity index (χ1n) is 27.1. The molecule has 2 fully saturated rings. The van der Waals surface area contributed by atoms with Gasteiger partial charge in [-0.1, -0.05) is 58.0 Å². The van der Waals surface area contributed by atoms with Gasteiger partial charge in [0.1, 0.15) is 48.3 Å². The molecule has 0 radical (unpaired) electrons. The Morgan fingerprint density at radius 1 is 0.600 bits per heavy atom. The molecule has 0 bridgehead atoms. The average Bonchev–Trinajstić information content (AvgIpc) is 4.16. The summed E-state index contributed by atoms with van der Waals surface area (Å²) in [6.45, 7) is 7.03. The maximum atomic E-state index is 14.4. The maximum Gasteiger partial charge on any atom is 0.326 e. The summed E-state index contributed by atoms with van der Waals surface area (Å²) in [5.41, 5.74) is 33.5. The lowest BCUT2D eigenvalue weighted by Crippen LogP contribution is -2.61. The standard InChI is InChI=1S/C51H86N18O11/c1-28(2)25-35(65-43(74)36(26-30-13-6-5-7-14-30)66-45(76)37(27-70)67-42(73)32(16-9-21-59-49(52)53)62-40(71)31-15-8-20-58-31)44(75)68-39(29(3)4)46(77)63-33(17-10-22-60-50(54)55)41(72)64-34(18-11-23-61-51(56)57)47(78)69-24-12-19-38(69)48(79)80/h5-7,13-14,28-29,31-39,58,70H,8-12,15-27H2,1-4H3,(H,62,71)(H,63,77)(H,64,72)(H,65,74)(H,66,76)(H,67,73)(H,68,75)(H,79,80)(H4,52,53,59)(H4,54,55,60)(H4,56,57,61)/t31-,32-,33-,34-,35-,36-,37-,38-,39-/m0/s1. The number of guanidine groups is 3. The van der Waals surface area contributed by atoms with Crippen molar-refractivity contribution in [2.75, 3.05) is 39.3 Å². The van der Waals surface area contributed by atoms with Crippen molar-refractivity contribution in [2.24, 2.45) is 61.2 Å². The minimum Gasteiger partial charge on any atom is -0.480 e. The van der Waals surface area contributed by atoms with Crippen LogP contribution in [-0.4, -0.2) is 180 Å². The predicted octanol–water partition coefficient (Wildman–Crippen LogP) is -4.69. The Kier molecular flexibility index (Phi) is 28.4. The highest BCUT2D eigenvalue weighted by atomic mass is 16.4. The molecular weight excluding hydrogens is 1040 g/mol. The van der Waals surface area contributed by atoms with E-state index < -0.39 is 120 Å². The van der Waals surface area contributed by atoms with Crippen molar-refractivity contribution < 1.29 is 53.4 Å². The highest BCUT2D eigenvalue weighted by Crippen LogP contribution is 2.20. The zero-order chi connectivity index (χ0) is 59.5. The number of nitrogens with two attached hydrogens (primary N) is 6. The van der Waals surface area contributed by atoms with E-state index >= 15 is 0 Å². The number of carbonyl (C=O) groups excluding carboxylic acids is 8. The third kappa shape index (κ3) is 23.3. The summed E-state index contributed by atoms with van der Waals surface area (Å²) >= 11 is 0. The van der Waals surface area contributed by atoms with Crippen LogP contribution in [-0.2, 0) is 49.6 Å². The van der Waals surface area contributed by atoms with Gasteiger partial charge in [0.05, 0.1) is 12.6 Å². The van der Waals surface area contributed by atoms with E-state index in [1.54, 1.807) is 58.0 Å². The highest BCUT2D eigenvalue weighted by Gasteiger charge is 2.40. The minimum atomic E-state index is -1.61. The van der Waals surface area contributed by atoms with Gasteiger partial charge in [0.15, 0.2) is 17.9 Å². The Balaban J connectivity index is 1.88. The zero-order valence-electron chi connectivity index (χ0n) is 46.3. The monoisotopic (exact) mass is 1130 g/mol. The van der Waals surface area contributed by atoms with Crippen LogP contribution in [0.3, 0.4) is 0 Å². The Bertz CT molecular complexity index is 2320. The number of carboxylic acid groups (broad SMARTS) is 1. The molecule has 0 aliphatic carbocycles. The largest absolute Gasteiger partial charge is 0.480 e. The molecule has 29 heteroatoms. The van der Waals surface area contributed by atoms with E-state index in [2.05, 4.69) is 57.5 Å². The fraction of sp³-hybridized carbons (Fsp3) is 0.647. The number of carbonyl (C=O) groups is 9. The molecule has 80 heavy (non-hydrogen) atoms. The van der Waals surface area contributed by atoms with E-state index in [1.807, 2.05) is 0 Å². The third-order valence-electron chi connectivity index (χ3n) is 13.2. The number of likely N-dealkylation sites (tertiary alicyclic amines) is 1. The van der Waals surface area contributed by atoms with Gasteiger partial charge in [-0.05, 0) is 94.6 Å². The number of hydrogen-bond acceptors (Lipinski definition) is 14. The first kappa shape index (κ1) is 66.5. The topological polar surface area (TPSA) is 487 Å². The number of rotatable bonds is 34. The van der Waals surface area contributed by atoms with Gasteiger partial charge in [-0.15, -0.1) is 0 Å². The second-order valence-electron chi connectivity index (χ2n) is 20.6. The number of benzene rings is 1. The Hall–Kier alpha value is -7.82. The van der Waals surface area contributed by atoms with Crippen molar-refractivity contribution in [3.05, 3.63) is 35.9 Å². The molecule has 0 spiro atoms. The summed E-state index contributed by atoms with van der Waals surface area (Å²) in [6, 6.07) is -2.41. The Morgan fingerprint density at radius 3 is 1.57 bits per heavy atom. The van der Waals surface area contributed by atoms with Crippen LogP contribution in [0.1, 0.15) is 104 Å². The van der Waals surface area contributed by atoms with Crippen LogP contribution < -0.4 is 76.9 Å². The van der Waals surface area contributed by atoms with Crippen LogP contribution in [0.25, 0.3) is 0 Å². The molecule has 0 aromatic heterocycles. The number of aliphatic hydroxyl groups is 1. The number of aliphatic imine (C=N–C) groups is 3. The van der Waals surface area contributed by atoms with Gasteiger partial charge in [-0.2, -0.15) is 0 Å². The second-order valence-corrected chi connectivity index (χ2v) is 20.6. The number of nitrogens with zero attached hydrogens (tertiary/aromatic N) is 4. The fourth-order valence-corrected chi connectivity index (χ4v) is 9.07. The molecule has 8 amide bonds. The van der Waals surface area contributed by atoms with Crippen molar-refractivity contribution in [1.29, 1.82) is 0 Å². The molecule has 446 valence electrons. The SMILES string of the molecule is CC(C)C[C@H](NC(=O)[C@H](Cc1ccccc1)NC(=O)[C@H](CO)NC(=O)[C@H](CCCN=C(N)N)NC(=O)[C@@H]1CCCN1)C(=O)N[C@H](C(=O)N[C@@H](CCCN=C(N)N)C(=O)N[C@@H](CCCN=C(N)N)C(=O)N1CCC[C@H]1C(=O)O)C(C)C. The van der Waals surface area contributed by atoms with Crippen LogP contribution in [0.15, 0.2) is 45.3 Å². The van der Waals surface area contributed by atoms with Crippen LogP contribution in [0.2, 0.25) is 0 Å². The number of nitrogens with one attached hydrogen (secondary N) is 8. The molecule has 2 aliphatic heterocycles. The summed E-state index contributed by atoms with van der Waals surface area (Å²) in [6.07, 6.45) is 2.55. The third-order valence-corrected chi connectivity index (χ3v) is 13.2. The second kappa shape index (κ2) is 34.2. The number of amides is 8. The normalized spacial score (nSPS) is 17.5. The summed E-state index contributed by atoms with van der Waals surface area (Å²) in [4.78, 5) is 137. The minimum absolute atomic E-state index is 0.00445. The van der Waals surface area contributed by atoms with Crippen LogP contribution in [0, 0.1) is 11.8 Å². The van der Waals surface area contributed by atoms with E-state index in [9.17, 15) is 53.4 Å². The maximum absolute atomic E-state index is 14.4. The first-order chi connectivity index (χ1) is 37.9. The van der Waals surface area contributed by atoms with E-state index in [4.69, 9.17) is 34.4 Å². The smallest absolute Gasteiger partial charge is 0.326 e. The molecule has 2 saturated heterocycles. The molecule has 3 rings (SSSR count). The molecular formula is C51H86N18O11.